The molecule has 0 bridgehead atoms. The molecule has 0 saturated carbocycles. The Bertz CT molecular complexity index is 1930. The molecule has 2 unspecified atom stereocenters. The third-order valence-electron chi connectivity index (χ3n) is 7.99. The van der Waals surface area contributed by atoms with Gasteiger partial charge < -0.3 is 42.0 Å². The third-order valence-corrected chi connectivity index (χ3v) is 8.59. The zero-order valence-electron chi connectivity index (χ0n) is 29.4. The first kappa shape index (κ1) is 46.4. The number of carbonyl (C=O) groups excluding carboxylic acids is 2. The van der Waals surface area contributed by atoms with Crippen molar-refractivity contribution in [2.75, 3.05) is 14.2 Å². The number of hydrogen-bond donors (Lipinski definition) is 0. The summed E-state index contributed by atoms with van der Waals surface area (Å²) in [7, 11) is 2.41. The molecular weight excluding hydrogens is 817 g/mol. The zero-order valence-corrected chi connectivity index (χ0v) is 34.0. The number of aromatic nitrogens is 2. The van der Waals surface area contributed by atoms with Crippen molar-refractivity contribution in [1.82, 2.24) is 9.13 Å². The number of ether oxygens (including phenoxy) is 2. The molecule has 0 saturated heterocycles. The maximum atomic E-state index is 13.1. The number of methoxy groups -OCH3 is 2. The fourth-order valence-corrected chi connectivity index (χ4v) is 6.10. The fourth-order valence-electron chi connectivity index (χ4n) is 5.77. The van der Waals surface area contributed by atoms with Gasteiger partial charge in [-0.05, 0) is 114 Å². The smallest absolute Gasteiger partial charge is 1.00 e. The number of carbonyl (C=O) groups is 2. The summed E-state index contributed by atoms with van der Waals surface area (Å²) in [5, 5.41) is 7.61. The minimum atomic E-state index is -0.852. The Labute approximate surface area is 337 Å². The van der Waals surface area contributed by atoms with Crippen molar-refractivity contribution in [3.05, 3.63) is 144 Å². The maximum absolute atomic E-state index is 13.1. The fraction of sp³-hybridized carbons (Fsp3) is 0.316. The topological polar surface area (TPSA) is 120 Å². The van der Waals surface area contributed by atoms with E-state index in [1.165, 1.54) is 43.5 Å². The summed E-state index contributed by atoms with van der Waals surface area (Å²) in [6.07, 6.45) is 7.38. The van der Waals surface area contributed by atoms with Crippen molar-refractivity contribution in [1.29, 1.82) is 5.26 Å². The first-order valence-electron chi connectivity index (χ1n) is 16.0. The van der Waals surface area contributed by atoms with E-state index in [0.717, 1.165) is 68.1 Å². The van der Waals surface area contributed by atoms with Gasteiger partial charge in [-0.15, -0.1) is 0 Å². The average Bonchev–Trinajstić information content (AvgIpc) is 3.14. The zero-order chi connectivity index (χ0) is 36.8. The van der Waals surface area contributed by atoms with Gasteiger partial charge in [-0.1, -0.05) is 24.3 Å². The van der Waals surface area contributed by atoms with Gasteiger partial charge in [0.1, 0.15) is 17.2 Å². The molecular formula is C38H39Br2F2MgN3O6. The molecule has 0 fully saturated rings. The minimum Gasteiger partial charge on any atom is -1.00 e. The molecule has 0 amide bonds. The van der Waals surface area contributed by atoms with E-state index in [2.05, 4.69) is 25.4 Å². The molecule has 0 spiro atoms. The van der Waals surface area contributed by atoms with E-state index < -0.39 is 11.9 Å². The van der Waals surface area contributed by atoms with Crippen LogP contribution in [0.1, 0.15) is 84.5 Å². The van der Waals surface area contributed by atoms with Crippen molar-refractivity contribution >= 4 is 50.9 Å². The van der Waals surface area contributed by atoms with Crippen molar-refractivity contribution in [3.8, 4) is 6.07 Å². The largest absolute Gasteiger partial charge is 2.00 e. The van der Waals surface area contributed by atoms with E-state index in [0.29, 0.717) is 4.47 Å². The van der Waals surface area contributed by atoms with Gasteiger partial charge in [0.15, 0.2) is 6.07 Å². The number of nitrogens with zero attached hydrogens (tertiary/aromatic N) is 3. The molecule has 14 heteroatoms. The summed E-state index contributed by atoms with van der Waals surface area (Å²) in [5.41, 5.74) is 3.46. The van der Waals surface area contributed by atoms with Crippen molar-refractivity contribution in [3.63, 3.8) is 0 Å². The molecule has 272 valence electrons. The van der Waals surface area contributed by atoms with Crippen LogP contribution in [-0.4, -0.2) is 58.3 Å². The number of esters is 2. The number of rotatable bonds is 3. The average molecular weight is 856 g/mol. The molecule has 2 atom stereocenters. The molecule has 4 aromatic rings. The van der Waals surface area contributed by atoms with Crippen LogP contribution in [0.3, 0.4) is 0 Å². The molecule has 2 aromatic heterocycles. The third kappa shape index (κ3) is 12.2. The van der Waals surface area contributed by atoms with Gasteiger partial charge in [0, 0.05) is 11.4 Å². The predicted molar refractivity (Wildman–Crippen MR) is 194 cm³/mol. The SMILES string of the molecule is COC(=O)C#N.COC(=O)c1ccc2n(c1=O)C(c1ccc(F)cc1)CCC2.C[CH-]C.O=c1c(Br)ccc2n1C(c1ccc(F)cc1)CCC2.[Br-].[Mg+2]. The summed E-state index contributed by atoms with van der Waals surface area (Å²) in [6, 6.07) is 20.8. The Morgan fingerprint density at radius 2 is 1.19 bits per heavy atom. The number of aryl methyl sites for hydroxylation is 2. The number of benzene rings is 2. The summed E-state index contributed by atoms with van der Waals surface area (Å²) in [5.74, 6) is -2.05. The van der Waals surface area contributed by atoms with Crippen LogP contribution in [0.5, 0.6) is 0 Å². The standard InChI is InChI=1S/C17H16FNO3.C15H13BrFNO.C3H3NO2.C3H7.BrH.Mg/c1-22-17(21)14-10-9-13-3-2-4-15(19(13)16(14)20)11-5-7-12(18)8-6-11;16-13-9-8-12-2-1-3-14(18(12)15(13)19)10-4-6-11(17)7-5-10;1-6-3(5)2-4;1-3-2;;/h5-10,15H,2-4H2,1H3;4-9,14H,1-3H2;1H3;3H,1-2H3;1H;/q;;;-1;;+2/p-1. The van der Waals surface area contributed by atoms with E-state index in [1.54, 1.807) is 41.0 Å². The van der Waals surface area contributed by atoms with E-state index in [9.17, 15) is 28.0 Å². The molecule has 2 aliphatic heterocycles. The van der Waals surface area contributed by atoms with Crippen LogP contribution in [0, 0.1) is 29.4 Å². The van der Waals surface area contributed by atoms with Crippen LogP contribution in [-0.2, 0) is 27.1 Å². The summed E-state index contributed by atoms with van der Waals surface area (Å²) in [4.78, 5) is 46.3. The van der Waals surface area contributed by atoms with Crippen molar-refractivity contribution in [2.24, 2.45) is 0 Å². The second-order valence-electron chi connectivity index (χ2n) is 11.4. The number of hydrogen-bond acceptors (Lipinski definition) is 7. The Balaban J connectivity index is 0.000000412. The van der Waals surface area contributed by atoms with Gasteiger partial charge in [-0.3, -0.25) is 9.59 Å². The van der Waals surface area contributed by atoms with Crippen molar-refractivity contribution in [2.45, 2.75) is 64.5 Å². The minimum absolute atomic E-state index is 0. The molecule has 52 heavy (non-hydrogen) atoms. The second-order valence-corrected chi connectivity index (χ2v) is 12.2. The van der Waals surface area contributed by atoms with Crippen LogP contribution in [0.4, 0.5) is 8.78 Å². The van der Waals surface area contributed by atoms with E-state index in [-0.39, 0.29) is 80.4 Å². The van der Waals surface area contributed by atoms with Gasteiger partial charge in [0.05, 0.1) is 30.8 Å². The van der Waals surface area contributed by atoms with Crippen LogP contribution in [0.25, 0.3) is 0 Å². The molecule has 2 aromatic carbocycles. The Hall–Kier alpha value is -3.64. The van der Waals surface area contributed by atoms with Gasteiger partial charge in [0.25, 0.3) is 11.1 Å². The maximum Gasteiger partial charge on any atom is 2.00 e. The van der Waals surface area contributed by atoms with E-state index in [1.807, 2.05) is 30.9 Å². The van der Waals surface area contributed by atoms with E-state index >= 15 is 0 Å². The summed E-state index contributed by atoms with van der Waals surface area (Å²) < 4.78 is 38.7. The molecule has 6 rings (SSSR count). The number of fused-ring (bicyclic) bond motifs is 2. The first-order chi connectivity index (χ1) is 24.0. The van der Waals surface area contributed by atoms with Gasteiger partial charge >= 0.3 is 35.0 Å². The molecule has 0 N–H and O–H groups in total. The van der Waals surface area contributed by atoms with Crippen LogP contribution in [0.2, 0.25) is 0 Å². The first-order valence-corrected chi connectivity index (χ1v) is 16.8. The Kier molecular flexibility index (Phi) is 20.6. The number of halogens is 4. The van der Waals surface area contributed by atoms with E-state index in [4.69, 9.17) is 5.26 Å². The van der Waals surface area contributed by atoms with Crippen LogP contribution < -0.4 is 28.1 Å². The Morgan fingerprint density at radius 3 is 1.58 bits per heavy atom. The van der Waals surface area contributed by atoms with Crippen LogP contribution >= 0.6 is 15.9 Å². The monoisotopic (exact) mass is 853 g/mol. The predicted octanol–water partition coefficient (Wildman–Crippen LogP) is 3.91. The van der Waals surface area contributed by atoms with Gasteiger partial charge in [-0.2, -0.15) is 19.1 Å². The van der Waals surface area contributed by atoms with Gasteiger partial charge in [-0.25, -0.2) is 18.4 Å². The normalized spacial score (nSPS) is 14.8. The summed E-state index contributed by atoms with van der Waals surface area (Å²) in [6.45, 7) is 4.00. The molecule has 0 aliphatic carbocycles. The van der Waals surface area contributed by atoms with Crippen molar-refractivity contribution < 1.29 is 44.8 Å². The number of nitriles is 1. The van der Waals surface area contributed by atoms with Gasteiger partial charge in [0.2, 0.25) is 0 Å². The molecule has 0 radical (unpaired) electrons. The molecule has 4 heterocycles. The Morgan fingerprint density at radius 1 is 0.769 bits per heavy atom. The summed E-state index contributed by atoms with van der Waals surface area (Å²) >= 11 is 3.29. The second kappa shape index (κ2) is 23.1. The number of pyridine rings is 2. The quantitative estimate of drug-likeness (QED) is 0.133. The van der Waals surface area contributed by atoms with Crippen LogP contribution in [0.15, 0.2) is 86.9 Å². The molecule has 2 aliphatic rings. The molecule has 9 nitrogen and oxygen atoms in total.